The van der Waals surface area contributed by atoms with Crippen molar-refractivity contribution >= 4 is 5.91 Å². The van der Waals surface area contributed by atoms with Crippen LogP contribution in [0.25, 0.3) is 11.4 Å². The monoisotopic (exact) mass is 312 g/mol. The Morgan fingerprint density at radius 2 is 2.09 bits per heavy atom. The van der Waals surface area contributed by atoms with E-state index in [1.165, 1.54) is 19.3 Å². The molecule has 0 N–H and O–H groups in total. The maximum absolute atomic E-state index is 12.7. The van der Waals surface area contributed by atoms with E-state index in [1.807, 2.05) is 17.0 Å². The Kier molecular flexibility index (Phi) is 3.81. The molecule has 1 saturated heterocycles. The van der Waals surface area contributed by atoms with Gasteiger partial charge in [0, 0.05) is 30.4 Å². The molecule has 2 fully saturated rings. The van der Waals surface area contributed by atoms with E-state index in [0.29, 0.717) is 11.7 Å². The molecule has 2 aromatic rings. The zero-order valence-corrected chi connectivity index (χ0v) is 13.0. The van der Waals surface area contributed by atoms with Crippen LogP contribution in [0.5, 0.6) is 0 Å². The average Bonchev–Trinajstić information content (AvgIpc) is 3.05. The van der Waals surface area contributed by atoms with E-state index < -0.39 is 0 Å². The zero-order valence-electron chi connectivity index (χ0n) is 13.0. The number of hydrogen-bond acceptors (Lipinski definition) is 5. The summed E-state index contributed by atoms with van der Waals surface area (Å²) in [7, 11) is 0. The molecule has 0 radical (unpaired) electrons. The molecule has 1 unspecified atom stereocenters. The molecule has 1 saturated carbocycles. The minimum Gasteiger partial charge on any atom is -0.337 e. The van der Waals surface area contributed by atoms with E-state index in [4.69, 9.17) is 4.52 Å². The van der Waals surface area contributed by atoms with Crippen LogP contribution in [0.15, 0.2) is 29.0 Å². The Labute approximate surface area is 134 Å². The summed E-state index contributed by atoms with van der Waals surface area (Å²) in [5, 5.41) is 4.03. The van der Waals surface area contributed by atoms with Crippen LogP contribution >= 0.6 is 0 Å². The van der Waals surface area contributed by atoms with Crippen LogP contribution in [0, 0.1) is 5.92 Å². The summed E-state index contributed by atoms with van der Waals surface area (Å²) in [5.41, 5.74) is 0.826. The quantitative estimate of drug-likeness (QED) is 0.871. The number of carbonyl (C=O) groups is 1. The molecule has 0 spiro atoms. The molecule has 6 heteroatoms. The van der Waals surface area contributed by atoms with Crippen LogP contribution < -0.4 is 0 Å². The summed E-state index contributed by atoms with van der Waals surface area (Å²) in [4.78, 5) is 23.1. The molecule has 1 amide bonds. The van der Waals surface area contributed by atoms with Crippen molar-refractivity contribution in [3.63, 3.8) is 0 Å². The van der Waals surface area contributed by atoms with Gasteiger partial charge in [-0.15, -0.1) is 0 Å². The largest absolute Gasteiger partial charge is 0.337 e. The summed E-state index contributed by atoms with van der Waals surface area (Å²) < 4.78 is 5.41. The Balaban J connectivity index is 1.48. The third-order valence-electron chi connectivity index (χ3n) is 4.90. The highest BCUT2D eigenvalue weighted by Crippen LogP contribution is 2.36. The molecule has 0 bridgehead atoms. The van der Waals surface area contributed by atoms with Gasteiger partial charge in [-0.2, -0.15) is 4.98 Å². The van der Waals surface area contributed by atoms with Gasteiger partial charge >= 0.3 is 0 Å². The highest BCUT2D eigenvalue weighted by atomic mass is 16.5. The topological polar surface area (TPSA) is 72.1 Å². The van der Waals surface area contributed by atoms with Gasteiger partial charge < -0.3 is 9.42 Å². The summed E-state index contributed by atoms with van der Waals surface area (Å²) >= 11 is 0. The maximum atomic E-state index is 12.7. The van der Waals surface area contributed by atoms with Gasteiger partial charge in [-0.25, -0.2) is 0 Å². The van der Waals surface area contributed by atoms with E-state index in [-0.39, 0.29) is 17.9 Å². The van der Waals surface area contributed by atoms with E-state index in [0.717, 1.165) is 31.4 Å². The second-order valence-corrected chi connectivity index (χ2v) is 6.37. The number of carbonyl (C=O) groups excluding carboxylic acids is 1. The lowest BCUT2D eigenvalue weighted by molar-refractivity contribution is -0.145. The lowest BCUT2D eigenvalue weighted by Gasteiger charge is -2.41. The van der Waals surface area contributed by atoms with Gasteiger partial charge in [0.05, 0.1) is 0 Å². The molecule has 120 valence electrons. The Morgan fingerprint density at radius 1 is 1.22 bits per heavy atom. The van der Waals surface area contributed by atoms with Crippen molar-refractivity contribution in [2.24, 2.45) is 5.92 Å². The van der Waals surface area contributed by atoms with Crippen LogP contribution in [0.3, 0.4) is 0 Å². The second-order valence-electron chi connectivity index (χ2n) is 6.37. The predicted octanol–water partition coefficient (Wildman–Crippen LogP) is 2.99. The number of likely N-dealkylation sites (tertiary alicyclic amines) is 1. The molecular formula is C17H20N4O2. The van der Waals surface area contributed by atoms with Crippen molar-refractivity contribution in [1.82, 2.24) is 20.0 Å². The van der Waals surface area contributed by atoms with Crippen LogP contribution in [0.4, 0.5) is 0 Å². The molecule has 23 heavy (non-hydrogen) atoms. The first kappa shape index (κ1) is 14.4. The number of aromatic nitrogens is 3. The maximum Gasteiger partial charge on any atom is 0.249 e. The Bertz CT molecular complexity index is 679. The lowest BCUT2D eigenvalue weighted by atomic mass is 9.86. The van der Waals surface area contributed by atoms with Crippen molar-refractivity contribution in [2.75, 3.05) is 6.54 Å². The molecule has 0 aromatic carbocycles. The fraction of sp³-hybridized carbons (Fsp3) is 0.529. The van der Waals surface area contributed by atoms with Gasteiger partial charge in [-0.05, 0) is 31.4 Å². The third kappa shape index (κ3) is 2.73. The first-order valence-electron chi connectivity index (χ1n) is 8.37. The minimum absolute atomic E-state index is 0.0534. The summed E-state index contributed by atoms with van der Waals surface area (Å²) in [5.74, 6) is 1.53. The number of nitrogens with zero attached hydrogens (tertiary/aromatic N) is 4. The van der Waals surface area contributed by atoms with Crippen molar-refractivity contribution in [2.45, 2.75) is 44.6 Å². The summed E-state index contributed by atoms with van der Waals surface area (Å²) in [6.07, 6.45) is 9.95. The SMILES string of the molecule is O=C(C1CCCCC1)N1CCC1c1nc(-c2cccnc2)no1. The summed E-state index contributed by atoms with van der Waals surface area (Å²) in [6.45, 7) is 0.796. The Morgan fingerprint density at radius 3 is 2.78 bits per heavy atom. The number of hydrogen-bond donors (Lipinski definition) is 0. The van der Waals surface area contributed by atoms with E-state index >= 15 is 0 Å². The Hall–Kier alpha value is -2.24. The van der Waals surface area contributed by atoms with Crippen LogP contribution in [-0.4, -0.2) is 32.5 Å². The fourth-order valence-electron chi connectivity index (χ4n) is 3.47. The normalized spacial score (nSPS) is 21.9. The smallest absolute Gasteiger partial charge is 0.249 e. The first-order valence-corrected chi connectivity index (χ1v) is 8.37. The predicted molar refractivity (Wildman–Crippen MR) is 83.2 cm³/mol. The molecule has 6 nitrogen and oxygen atoms in total. The van der Waals surface area contributed by atoms with Gasteiger partial charge in [-0.1, -0.05) is 24.4 Å². The molecule has 2 aromatic heterocycles. The van der Waals surface area contributed by atoms with Crippen molar-refractivity contribution in [3.8, 4) is 11.4 Å². The van der Waals surface area contributed by atoms with E-state index in [2.05, 4.69) is 15.1 Å². The average molecular weight is 312 g/mol. The highest BCUT2D eigenvalue weighted by molar-refractivity contribution is 5.80. The zero-order chi connectivity index (χ0) is 15.6. The van der Waals surface area contributed by atoms with E-state index in [9.17, 15) is 4.79 Å². The molecular weight excluding hydrogens is 292 g/mol. The van der Waals surface area contributed by atoms with Crippen LogP contribution in [-0.2, 0) is 4.79 Å². The standard InChI is InChI=1S/C17H20N4O2/c22-17(12-5-2-1-3-6-12)21-10-8-14(21)16-19-15(20-23-16)13-7-4-9-18-11-13/h4,7,9,11-12,14H,1-3,5-6,8,10H2. The third-order valence-corrected chi connectivity index (χ3v) is 4.90. The minimum atomic E-state index is -0.0534. The van der Waals surface area contributed by atoms with Gasteiger partial charge in [0.15, 0.2) is 0 Å². The molecule has 2 aliphatic rings. The van der Waals surface area contributed by atoms with Crippen molar-refractivity contribution in [1.29, 1.82) is 0 Å². The summed E-state index contributed by atoms with van der Waals surface area (Å²) in [6, 6.07) is 3.68. The van der Waals surface area contributed by atoms with Crippen LogP contribution in [0.2, 0.25) is 0 Å². The number of rotatable bonds is 3. The number of amides is 1. The van der Waals surface area contributed by atoms with Gasteiger partial charge in [0.1, 0.15) is 6.04 Å². The molecule has 4 rings (SSSR count). The van der Waals surface area contributed by atoms with Crippen molar-refractivity contribution in [3.05, 3.63) is 30.4 Å². The fourth-order valence-corrected chi connectivity index (χ4v) is 3.47. The van der Waals surface area contributed by atoms with Gasteiger partial charge in [-0.3, -0.25) is 9.78 Å². The lowest BCUT2D eigenvalue weighted by Crippen LogP contribution is -2.48. The van der Waals surface area contributed by atoms with Crippen LogP contribution in [0.1, 0.15) is 50.5 Å². The van der Waals surface area contributed by atoms with Crippen molar-refractivity contribution < 1.29 is 9.32 Å². The van der Waals surface area contributed by atoms with Gasteiger partial charge in [0.2, 0.25) is 17.6 Å². The molecule has 1 atom stereocenters. The second kappa shape index (κ2) is 6.10. The van der Waals surface area contributed by atoms with Gasteiger partial charge in [0.25, 0.3) is 0 Å². The van der Waals surface area contributed by atoms with E-state index in [1.54, 1.807) is 12.4 Å². The molecule has 1 aliphatic heterocycles. The molecule has 3 heterocycles. The number of pyridine rings is 1. The highest BCUT2D eigenvalue weighted by Gasteiger charge is 2.40. The molecule has 1 aliphatic carbocycles. The first-order chi connectivity index (χ1) is 11.3.